The normalized spacial score (nSPS) is 12.8. The van der Waals surface area contributed by atoms with Crippen LogP contribution in [0.1, 0.15) is 22.3 Å². The molecule has 3 heteroatoms. The van der Waals surface area contributed by atoms with Gasteiger partial charge in [-0.2, -0.15) is 0 Å². The highest BCUT2D eigenvalue weighted by Crippen LogP contribution is 2.59. The number of anilines is 3. The van der Waals surface area contributed by atoms with E-state index in [1.165, 1.54) is 60.6 Å². The molecule has 14 rings (SSSR count). The van der Waals surface area contributed by atoms with Crippen LogP contribution in [0.2, 0.25) is 0 Å². The topological polar surface area (TPSA) is 21.3 Å². The van der Waals surface area contributed by atoms with Gasteiger partial charge in [0.15, 0.2) is 0 Å². The molecule has 3 nitrogen and oxygen atoms in total. The SMILES string of the molecule is c1ccc(C2(c3ccccc3)c3ccccc3-c3c(N(c4ccc(-c5cccc(-n6c7ccccc7c7ccccc76)c5)cc4)c4ccc5c(c4)oc4c6ccccc6ccc54)cccc32)cc1. The van der Waals surface area contributed by atoms with E-state index in [2.05, 4.69) is 264 Å². The number of fused-ring (bicyclic) bond motifs is 11. The fourth-order valence-corrected chi connectivity index (χ4v) is 11.5. The second-order valence-corrected chi connectivity index (χ2v) is 18.0. The monoisotopic (exact) mass is 866 g/mol. The van der Waals surface area contributed by atoms with Crippen LogP contribution in [0, 0.1) is 0 Å². The van der Waals surface area contributed by atoms with Crippen molar-refractivity contribution in [1.82, 2.24) is 4.57 Å². The Bertz CT molecular complexity index is 3990. The van der Waals surface area contributed by atoms with Gasteiger partial charge < -0.3 is 13.9 Å². The van der Waals surface area contributed by atoms with Gasteiger partial charge in [0.25, 0.3) is 0 Å². The quantitative estimate of drug-likeness (QED) is 0.159. The Morgan fingerprint density at radius 1 is 0.382 bits per heavy atom. The van der Waals surface area contributed by atoms with E-state index in [1.54, 1.807) is 0 Å². The number of hydrogen-bond acceptors (Lipinski definition) is 2. The third-order valence-corrected chi connectivity index (χ3v) is 14.4. The average Bonchev–Trinajstić information content (AvgIpc) is 4.06. The largest absolute Gasteiger partial charge is 0.455 e. The van der Waals surface area contributed by atoms with Crippen LogP contribution in [0.5, 0.6) is 0 Å². The zero-order valence-corrected chi connectivity index (χ0v) is 37.1. The number of hydrogen-bond donors (Lipinski definition) is 0. The van der Waals surface area contributed by atoms with Gasteiger partial charge in [0, 0.05) is 55.6 Å². The van der Waals surface area contributed by atoms with Crippen LogP contribution in [-0.2, 0) is 5.41 Å². The summed E-state index contributed by atoms with van der Waals surface area (Å²) in [5, 5.41) is 7.02. The third-order valence-electron chi connectivity index (χ3n) is 14.4. The Labute approximate surface area is 394 Å². The van der Waals surface area contributed by atoms with E-state index in [0.717, 1.165) is 61.2 Å². The first kappa shape index (κ1) is 38.4. The lowest BCUT2D eigenvalue weighted by Gasteiger charge is -2.34. The first-order chi connectivity index (χ1) is 33.7. The molecule has 13 aromatic rings. The molecular formula is C65H42N2O. The number of para-hydroxylation sites is 2. The van der Waals surface area contributed by atoms with Gasteiger partial charge in [-0.25, -0.2) is 0 Å². The summed E-state index contributed by atoms with van der Waals surface area (Å²) in [5.41, 5.74) is 17.7. The highest BCUT2D eigenvalue weighted by atomic mass is 16.3. The van der Waals surface area contributed by atoms with Crippen molar-refractivity contribution in [1.29, 1.82) is 0 Å². The highest BCUT2D eigenvalue weighted by molar-refractivity contribution is 6.15. The zero-order valence-electron chi connectivity index (χ0n) is 37.1. The first-order valence-electron chi connectivity index (χ1n) is 23.4. The molecule has 0 aliphatic heterocycles. The maximum absolute atomic E-state index is 6.87. The van der Waals surface area contributed by atoms with Crippen molar-refractivity contribution in [3.63, 3.8) is 0 Å². The van der Waals surface area contributed by atoms with Crippen LogP contribution in [0.4, 0.5) is 17.1 Å². The predicted molar refractivity (Wildman–Crippen MR) is 283 cm³/mol. The fourth-order valence-electron chi connectivity index (χ4n) is 11.5. The summed E-state index contributed by atoms with van der Waals surface area (Å²) in [6.07, 6.45) is 0. The molecule has 0 spiro atoms. The van der Waals surface area contributed by atoms with Gasteiger partial charge in [-0.05, 0) is 105 Å². The Hall–Kier alpha value is -8.92. The van der Waals surface area contributed by atoms with Crippen molar-refractivity contribution in [2.75, 3.05) is 4.90 Å². The molecule has 0 fully saturated rings. The Morgan fingerprint density at radius 2 is 0.985 bits per heavy atom. The molecule has 0 radical (unpaired) electrons. The summed E-state index contributed by atoms with van der Waals surface area (Å²) in [4.78, 5) is 2.44. The van der Waals surface area contributed by atoms with E-state index >= 15 is 0 Å². The Kier molecular flexibility index (Phi) is 8.50. The lowest BCUT2D eigenvalue weighted by Crippen LogP contribution is -2.28. The van der Waals surface area contributed by atoms with Crippen LogP contribution in [0.15, 0.2) is 259 Å². The summed E-state index contributed by atoms with van der Waals surface area (Å²) in [7, 11) is 0. The van der Waals surface area contributed by atoms with Crippen LogP contribution in [-0.4, -0.2) is 4.57 Å². The summed E-state index contributed by atoms with van der Waals surface area (Å²) in [5.74, 6) is 0. The van der Waals surface area contributed by atoms with Crippen molar-refractivity contribution in [2.24, 2.45) is 0 Å². The summed E-state index contributed by atoms with van der Waals surface area (Å²) in [6, 6.07) is 93.0. The predicted octanol–water partition coefficient (Wildman–Crippen LogP) is 17.3. The summed E-state index contributed by atoms with van der Waals surface area (Å²) >= 11 is 0. The van der Waals surface area contributed by atoms with Gasteiger partial charge in [0.2, 0.25) is 0 Å². The molecule has 1 aliphatic rings. The van der Waals surface area contributed by atoms with E-state index in [4.69, 9.17) is 4.42 Å². The van der Waals surface area contributed by atoms with Crippen molar-refractivity contribution >= 4 is 71.6 Å². The average molecular weight is 867 g/mol. The molecule has 2 aromatic heterocycles. The second-order valence-electron chi connectivity index (χ2n) is 18.0. The standard InChI is InChI=1S/C65H42N2O/c1-3-19-46(20-4-1)65(47-21-5-2-6-22-47)57-28-12-9-27-56(57)63-58(65)29-16-32-61(63)66(50-38-40-54-55-39-35-44-17-7-8-24-51(44)64(55)68-62(54)42-50)48-36-33-43(34-37-48)45-18-15-23-49(41-45)67-59-30-13-10-25-52(59)53-26-11-14-31-60(53)67/h1-42H. The van der Waals surface area contributed by atoms with Crippen LogP contribution in [0.3, 0.4) is 0 Å². The van der Waals surface area contributed by atoms with Gasteiger partial charge in [-0.1, -0.05) is 188 Å². The van der Waals surface area contributed by atoms with Crippen molar-refractivity contribution in [2.45, 2.75) is 5.41 Å². The maximum atomic E-state index is 6.87. The third kappa shape index (κ3) is 5.60. The van der Waals surface area contributed by atoms with Crippen molar-refractivity contribution in [3.05, 3.63) is 277 Å². The van der Waals surface area contributed by atoms with E-state index in [9.17, 15) is 0 Å². The molecule has 318 valence electrons. The summed E-state index contributed by atoms with van der Waals surface area (Å²) in [6.45, 7) is 0. The number of rotatable bonds is 7. The molecule has 0 amide bonds. The molecule has 0 unspecified atom stereocenters. The molecule has 0 saturated carbocycles. The Morgan fingerprint density at radius 3 is 1.74 bits per heavy atom. The Balaban J connectivity index is 0.973. The van der Waals surface area contributed by atoms with Crippen LogP contribution >= 0.6 is 0 Å². The van der Waals surface area contributed by atoms with Crippen LogP contribution in [0.25, 0.3) is 82.5 Å². The van der Waals surface area contributed by atoms with Crippen molar-refractivity contribution in [3.8, 4) is 27.9 Å². The van der Waals surface area contributed by atoms with Crippen LogP contribution < -0.4 is 4.90 Å². The minimum Gasteiger partial charge on any atom is -0.455 e. The zero-order chi connectivity index (χ0) is 44.8. The van der Waals surface area contributed by atoms with E-state index < -0.39 is 5.41 Å². The number of nitrogens with zero attached hydrogens (tertiary/aromatic N) is 2. The molecule has 11 aromatic carbocycles. The smallest absolute Gasteiger partial charge is 0.143 e. The fraction of sp³-hybridized carbons (Fsp3) is 0.0154. The number of furan rings is 1. The molecule has 0 atom stereocenters. The lowest BCUT2D eigenvalue weighted by molar-refractivity contribution is 0.672. The molecule has 0 bridgehead atoms. The second kappa shape index (κ2) is 15.1. The van der Waals surface area contributed by atoms with Crippen molar-refractivity contribution < 1.29 is 4.42 Å². The maximum Gasteiger partial charge on any atom is 0.143 e. The molecule has 0 saturated heterocycles. The molecule has 1 aliphatic carbocycles. The van der Waals surface area contributed by atoms with E-state index in [-0.39, 0.29) is 0 Å². The van der Waals surface area contributed by atoms with Gasteiger partial charge in [-0.15, -0.1) is 0 Å². The molecule has 0 N–H and O–H groups in total. The van der Waals surface area contributed by atoms with E-state index in [0.29, 0.717) is 0 Å². The van der Waals surface area contributed by atoms with Gasteiger partial charge in [0.1, 0.15) is 11.2 Å². The molecule has 68 heavy (non-hydrogen) atoms. The molecular weight excluding hydrogens is 825 g/mol. The van der Waals surface area contributed by atoms with Gasteiger partial charge in [0.05, 0.1) is 22.1 Å². The molecule has 2 heterocycles. The summed E-state index contributed by atoms with van der Waals surface area (Å²) < 4.78 is 9.26. The number of aromatic nitrogens is 1. The van der Waals surface area contributed by atoms with Gasteiger partial charge >= 0.3 is 0 Å². The highest BCUT2D eigenvalue weighted by Gasteiger charge is 2.47. The number of benzene rings is 11. The minimum atomic E-state index is -0.537. The van der Waals surface area contributed by atoms with Gasteiger partial charge in [-0.3, -0.25) is 0 Å². The minimum absolute atomic E-state index is 0.537. The van der Waals surface area contributed by atoms with E-state index in [1.807, 2.05) is 0 Å². The first-order valence-corrected chi connectivity index (χ1v) is 23.4. The lowest BCUT2D eigenvalue weighted by atomic mass is 9.68.